The topological polar surface area (TPSA) is 456 Å². The van der Waals surface area contributed by atoms with Gasteiger partial charge in [-0.3, -0.25) is 62.3 Å². The highest BCUT2D eigenvalue weighted by Gasteiger charge is 2.42. The molecule has 554 valence electrons. The number of unbranched alkanes of at least 4 members (excludes halogenated alkanes) is 1. The Hall–Kier alpha value is -7.79. The van der Waals surface area contributed by atoms with Crippen molar-refractivity contribution in [1.82, 2.24) is 63.4 Å². The van der Waals surface area contributed by atoms with Crippen LogP contribution < -0.4 is 75.7 Å². The predicted molar refractivity (Wildman–Crippen MR) is 372 cm³/mol. The first-order valence-electron chi connectivity index (χ1n) is 35.0. The number of nitrogens with zero attached hydrogens (tertiary/aromatic N) is 1. The van der Waals surface area contributed by atoms with Gasteiger partial charge in [-0.2, -0.15) is 0 Å². The number of carbonyl (C=O) groups excluding carboxylic acids is 13. The number of aliphatic hydroxyl groups is 1. The second-order valence-corrected chi connectivity index (χ2v) is 28.5. The number of amides is 13. The van der Waals surface area contributed by atoms with Crippen molar-refractivity contribution in [3.63, 3.8) is 0 Å². The average molecular weight is 1380 g/mol. The lowest BCUT2D eigenvalue weighted by Crippen LogP contribution is -2.61. The van der Waals surface area contributed by atoms with E-state index in [9.17, 15) is 67.4 Å². The number of aliphatic hydroxyl groups excluding tert-OH is 1. The highest BCUT2D eigenvalue weighted by molar-refractivity contribution is 5.99. The number of carbonyl (C=O) groups is 13. The van der Waals surface area contributed by atoms with E-state index in [0.717, 1.165) is 5.56 Å². The zero-order chi connectivity index (χ0) is 74.3. The SMILES string of the molecule is CC[C@H](C)[C@H](NC(=O)[C@@H]1CCCN1C(=O)[C@H](CC(C)C)NC(=O)[C@@H](N)Cc1ccccc1)C(=O)N[C@H](C(=O)N[C@@H](C)C(=O)N[C@@H](CCCCN)C(=O)N[C@@H](CC(C)C)C(=O)N[C@@H](CC(C)C)C(=O)N[C@@H](CO)C(=O)NCC(=O)N[C@@H](CC(C)C)C(=O)N[C@@H](CC(C)C)C(N)=O)C(C)C. The Labute approximate surface area is 579 Å². The first-order valence-corrected chi connectivity index (χ1v) is 35.0. The highest BCUT2D eigenvalue weighted by atomic mass is 16.3. The van der Waals surface area contributed by atoms with E-state index in [1.54, 1.807) is 48.5 Å². The van der Waals surface area contributed by atoms with Gasteiger partial charge >= 0.3 is 0 Å². The second kappa shape index (κ2) is 43.6. The number of primary amides is 1. The summed E-state index contributed by atoms with van der Waals surface area (Å²) in [5.74, 6) is -10.9. The molecule has 1 aromatic carbocycles. The number of hydrogen-bond donors (Lipinski definition) is 15. The largest absolute Gasteiger partial charge is 0.394 e. The predicted octanol–water partition coefficient (Wildman–Crippen LogP) is 0.0707. The van der Waals surface area contributed by atoms with Crippen molar-refractivity contribution in [2.24, 2.45) is 58.6 Å². The molecule has 1 saturated heterocycles. The van der Waals surface area contributed by atoms with Crippen molar-refractivity contribution in [2.75, 3.05) is 26.2 Å². The number of benzene rings is 1. The minimum Gasteiger partial charge on any atom is -0.394 e. The molecule has 29 nitrogen and oxygen atoms in total. The summed E-state index contributed by atoms with van der Waals surface area (Å²) < 4.78 is 0. The molecule has 98 heavy (non-hydrogen) atoms. The van der Waals surface area contributed by atoms with Gasteiger partial charge in [0.25, 0.3) is 0 Å². The summed E-state index contributed by atoms with van der Waals surface area (Å²) in [6.07, 6.45) is 3.15. The van der Waals surface area contributed by atoms with E-state index in [2.05, 4.69) is 58.5 Å². The van der Waals surface area contributed by atoms with Crippen LogP contribution >= 0.6 is 0 Å². The van der Waals surface area contributed by atoms with Crippen molar-refractivity contribution in [3.05, 3.63) is 35.9 Å². The summed E-state index contributed by atoms with van der Waals surface area (Å²) >= 11 is 0. The maximum Gasteiger partial charge on any atom is 0.245 e. The number of nitrogens with two attached hydrogens (primary N) is 3. The maximum absolute atomic E-state index is 14.3. The summed E-state index contributed by atoms with van der Waals surface area (Å²) in [5.41, 5.74) is 18.5. The van der Waals surface area contributed by atoms with E-state index in [1.165, 1.54) is 11.8 Å². The molecule has 1 fully saturated rings. The third-order valence-corrected chi connectivity index (χ3v) is 16.8. The molecule has 0 aliphatic carbocycles. The molecule has 0 aromatic heterocycles. The molecular weight excluding hydrogens is 1260 g/mol. The van der Waals surface area contributed by atoms with Crippen LogP contribution in [0, 0.1) is 41.4 Å². The maximum atomic E-state index is 14.3. The molecule has 1 aromatic rings. The minimum atomic E-state index is -1.61. The molecule has 1 aliphatic heterocycles. The lowest BCUT2D eigenvalue weighted by molar-refractivity contribution is -0.143. The zero-order valence-corrected chi connectivity index (χ0v) is 60.6. The monoisotopic (exact) mass is 1380 g/mol. The third kappa shape index (κ3) is 30.5. The Morgan fingerprint density at radius 3 is 1.46 bits per heavy atom. The number of nitrogens with one attached hydrogen (secondary N) is 11. The number of rotatable bonds is 44. The fourth-order valence-electron chi connectivity index (χ4n) is 11.2. The van der Waals surface area contributed by atoms with Gasteiger partial charge in [-0.05, 0) is 131 Å². The Balaban J connectivity index is 2.25. The molecule has 0 radical (unpaired) electrons. The first kappa shape index (κ1) is 86.3. The summed E-state index contributed by atoms with van der Waals surface area (Å²) in [6.45, 7) is 25.6. The molecule has 0 bridgehead atoms. The van der Waals surface area contributed by atoms with Gasteiger partial charge in [0.2, 0.25) is 76.8 Å². The van der Waals surface area contributed by atoms with Gasteiger partial charge in [-0.25, -0.2) is 0 Å². The van der Waals surface area contributed by atoms with E-state index in [1.807, 2.05) is 78.8 Å². The van der Waals surface area contributed by atoms with Gasteiger partial charge in [0.05, 0.1) is 19.2 Å². The molecule has 1 heterocycles. The second-order valence-electron chi connectivity index (χ2n) is 28.5. The van der Waals surface area contributed by atoms with Crippen molar-refractivity contribution in [2.45, 2.75) is 253 Å². The quantitative estimate of drug-likeness (QED) is 0.0385. The van der Waals surface area contributed by atoms with E-state index in [-0.39, 0.29) is 87.6 Å². The summed E-state index contributed by atoms with van der Waals surface area (Å²) in [4.78, 5) is 180. The molecule has 2 rings (SSSR count). The van der Waals surface area contributed by atoms with Crippen molar-refractivity contribution in [1.29, 1.82) is 0 Å². The average Bonchev–Trinajstić information content (AvgIpc) is 1.55. The molecular formula is C69H119N15O14. The van der Waals surface area contributed by atoms with E-state index in [0.29, 0.717) is 32.1 Å². The van der Waals surface area contributed by atoms with Gasteiger partial charge in [0, 0.05) is 6.54 Å². The normalized spacial score (nSPS) is 16.8. The van der Waals surface area contributed by atoms with Crippen molar-refractivity contribution < 1.29 is 67.4 Å². The smallest absolute Gasteiger partial charge is 0.245 e. The summed E-state index contributed by atoms with van der Waals surface area (Å²) in [6, 6.07) is -4.89. The van der Waals surface area contributed by atoms with Crippen LogP contribution in [-0.2, 0) is 68.7 Å². The Kier molecular flexibility index (Phi) is 38.4. The minimum absolute atomic E-state index is 0.0146. The van der Waals surface area contributed by atoms with Gasteiger partial charge in [0.15, 0.2) is 0 Å². The van der Waals surface area contributed by atoms with Gasteiger partial charge < -0.3 is 85.7 Å². The Bertz CT molecular complexity index is 2790. The molecule has 0 unspecified atom stereocenters. The van der Waals surface area contributed by atoms with Gasteiger partial charge in [-0.15, -0.1) is 0 Å². The van der Waals surface area contributed by atoms with E-state index >= 15 is 0 Å². The van der Waals surface area contributed by atoms with Crippen LogP contribution in [0.2, 0.25) is 0 Å². The standard InChI is InChI=1S/C69H119N15O14/c1-16-43(14)57(83-66(95)54-26-22-28-84(54)69(98)52(33-41(10)11)80-60(89)46(71)34-45-23-18-17-19-24-45)68(97)82-56(42(12)13)67(96)74-44(15)59(88)76-47(25-20-21-27-70)62(91)78-50(31-39(6)7)64(93)79-51(32-40(8)9)65(94)81-53(36-85)61(90)73-35-55(86)75-49(30-38(4)5)63(92)77-48(58(72)87)29-37(2)3/h17-19,23-24,37-44,46-54,56-57,85H,16,20-22,25-36,70-71H2,1-15H3,(H2,72,87)(H,73,90)(H,74,96)(H,75,86)(H,76,88)(H,77,92)(H,78,91)(H,79,93)(H,80,89)(H,81,94)(H,82,97)(H,83,95)/t43-,44-,46-,47-,48-,49-,50-,51-,52-,53-,54-,56-,57-/m0/s1. The van der Waals surface area contributed by atoms with Crippen LogP contribution in [0.25, 0.3) is 0 Å². The van der Waals surface area contributed by atoms with Crippen LogP contribution in [0.3, 0.4) is 0 Å². The summed E-state index contributed by atoms with van der Waals surface area (Å²) in [7, 11) is 0. The molecule has 29 heteroatoms. The Morgan fingerprint density at radius 2 is 0.969 bits per heavy atom. The zero-order valence-electron chi connectivity index (χ0n) is 60.6. The van der Waals surface area contributed by atoms with Crippen LogP contribution in [0.1, 0.15) is 180 Å². The van der Waals surface area contributed by atoms with Gasteiger partial charge in [-0.1, -0.05) is 134 Å². The van der Waals surface area contributed by atoms with Gasteiger partial charge in [0.1, 0.15) is 66.5 Å². The van der Waals surface area contributed by atoms with E-state index in [4.69, 9.17) is 17.2 Å². The molecule has 0 spiro atoms. The fourth-order valence-corrected chi connectivity index (χ4v) is 11.2. The highest BCUT2D eigenvalue weighted by Crippen LogP contribution is 2.23. The first-order chi connectivity index (χ1) is 45.9. The molecule has 13 atom stereocenters. The van der Waals surface area contributed by atoms with Crippen LogP contribution in [0.15, 0.2) is 30.3 Å². The molecule has 0 saturated carbocycles. The molecule has 13 amide bonds. The third-order valence-electron chi connectivity index (χ3n) is 16.8. The number of likely N-dealkylation sites (tertiary alicyclic amines) is 1. The molecule has 18 N–H and O–H groups in total. The summed E-state index contributed by atoms with van der Waals surface area (Å²) in [5, 5.41) is 39.4. The lowest BCUT2D eigenvalue weighted by atomic mass is 9.96. The van der Waals surface area contributed by atoms with Crippen molar-refractivity contribution >= 4 is 76.8 Å². The van der Waals surface area contributed by atoms with Crippen LogP contribution in [-0.4, -0.2) is 186 Å². The lowest BCUT2D eigenvalue weighted by Gasteiger charge is -2.32. The number of hydrogen-bond acceptors (Lipinski definition) is 16. The Morgan fingerprint density at radius 1 is 0.510 bits per heavy atom. The fraction of sp³-hybridized carbons (Fsp3) is 0.725. The van der Waals surface area contributed by atoms with Crippen LogP contribution in [0.5, 0.6) is 0 Å². The van der Waals surface area contributed by atoms with Crippen molar-refractivity contribution in [3.8, 4) is 0 Å². The van der Waals surface area contributed by atoms with E-state index < -0.39 is 174 Å². The molecule has 1 aliphatic rings. The van der Waals surface area contributed by atoms with Crippen LogP contribution in [0.4, 0.5) is 0 Å².